The zero-order valence-corrected chi connectivity index (χ0v) is 16.2. The van der Waals surface area contributed by atoms with Crippen molar-refractivity contribution in [3.05, 3.63) is 64.2 Å². The minimum Gasteiger partial charge on any atom is -0.452 e. The lowest BCUT2D eigenvalue weighted by molar-refractivity contribution is -0.136. The van der Waals surface area contributed by atoms with E-state index in [1.807, 2.05) is 19.9 Å². The molecule has 0 aliphatic carbocycles. The number of halogens is 1. The number of amides is 2. The van der Waals surface area contributed by atoms with Gasteiger partial charge in [0.1, 0.15) is 0 Å². The summed E-state index contributed by atoms with van der Waals surface area (Å²) in [5, 5.41) is 3.03. The Morgan fingerprint density at radius 2 is 1.70 bits per heavy atom. The molecule has 142 valence electrons. The summed E-state index contributed by atoms with van der Waals surface area (Å²) in [5.41, 5.74) is 2.72. The third kappa shape index (κ3) is 6.11. The number of aryl methyl sites for hydroxylation is 2. The Kier molecular flexibility index (Phi) is 6.96. The van der Waals surface area contributed by atoms with E-state index in [0.29, 0.717) is 16.3 Å². The van der Waals surface area contributed by atoms with Gasteiger partial charge in [0.15, 0.2) is 6.61 Å². The second-order valence-electron chi connectivity index (χ2n) is 6.23. The lowest BCUT2D eigenvalue weighted by Crippen LogP contribution is -2.37. The molecule has 0 aliphatic rings. The van der Waals surface area contributed by atoms with E-state index in [4.69, 9.17) is 16.3 Å². The maximum atomic E-state index is 12.1. The van der Waals surface area contributed by atoms with Crippen LogP contribution in [-0.2, 0) is 14.3 Å². The molecule has 0 radical (unpaired) electrons. The third-order valence-electron chi connectivity index (χ3n) is 3.74. The largest absolute Gasteiger partial charge is 0.452 e. The molecule has 0 spiro atoms. The lowest BCUT2D eigenvalue weighted by Gasteiger charge is -2.17. The molecule has 2 rings (SSSR count). The van der Waals surface area contributed by atoms with Crippen molar-refractivity contribution in [2.24, 2.45) is 0 Å². The van der Waals surface area contributed by atoms with E-state index in [0.717, 1.165) is 11.1 Å². The van der Waals surface area contributed by atoms with Gasteiger partial charge in [0, 0.05) is 7.05 Å². The molecule has 2 aromatic rings. The van der Waals surface area contributed by atoms with E-state index in [2.05, 4.69) is 5.32 Å². The zero-order valence-electron chi connectivity index (χ0n) is 15.4. The molecule has 0 aliphatic heterocycles. The number of esters is 1. The number of rotatable bonds is 6. The molecule has 0 unspecified atom stereocenters. The fourth-order valence-electron chi connectivity index (χ4n) is 2.47. The molecule has 0 bridgehead atoms. The number of ether oxygens (including phenoxy) is 1. The SMILES string of the molecule is Cc1cc(C)cc(C(=O)OCC(=O)N(C)CC(=O)Nc2ccccc2Cl)c1. The highest BCUT2D eigenvalue weighted by molar-refractivity contribution is 6.33. The minimum absolute atomic E-state index is 0.189. The standard InChI is InChI=1S/C20H21ClN2O4/c1-13-8-14(2)10-15(9-13)20(26)27-12-19(25)23(3)11-18(24)22-17-7-5-4-6-16(17)21/h4-10H,11-12H2,1-3H3,(H,22,24). The number of benzene rings is 2. The number of hydrogen-bond acceptors (Lipinski definition) is 4. The molecular weight excluding hydrogens is 368 g/mol. The molecule has 0 saturated heterocycles. The predicted molar refractivity (Wildman–Crippen MR) is 104 cm³/mol. The monoisotopic (exact) mass is 388 g/mol. The van der Waals surface area contributed by atoms with E-state index in [-0.39, 0.29) is 6.54 Å². The Labute approximate surface area is 163 Å². The van der Waals surface area contributed by atoms with Crippen molar-refractivity contribution in [1.29, 1.82) is 0 Å². The van der Waals surface area contributed by atoms with Gasteiger partial charge in [0.25, 0.3) is 5.91 Å². The first kappa shape index (κ1) is 20.5. The van der Waals surface area contributed by atoms with E-state index in [9.17, 15) is 14.4 Å². The number of hydrogen-bond donors (Lipinski definition) is 1. The van der Waals surface area contributed by atoms with Crippen LogP contribution in [0, 0.1) is 13.8 Å². The summed E-state index contributed by atoms with van der Waals surface area (Å²) >= 11 is 5.98. The Bertz CT molecular complexity index is 847. The number of carbonyl (C=O) groups is 3. The highest BCUT2D eigenvalue weighted by Crippen LogP contribution is 2.20. The third-order valence-corrected chi connectivity index (χ3v) is 4.07. The zero-order chi connectivity index (χ0) is 20.0. The average Bonchev–Trinajstić information content (AvgIpc) is 2.60. The van der Waals surface area contributed by atoms with Crippen molar-refractivity contribution in [2.75, 3.05) is 25.5 Å². The topological polar surface area (TPSA) is 75.7 Å². The second-order valence-corrected chi connectivity index (χ2v) is 6.64. The molecular formula is C20H21ClN2O4. The van der Waals surface area contributed by atoms with Gasteiger partial charge in [-0.1, -0.05) is 40.9 Å². The van der Waals surface area contributed by atoms with Gasteiger partial charge < -0.3 is 15.0 Å². The molecule has 0 aromatic heterocycles. The van der Waals surface area contributed by atoms with Crippen LogP contribution < -0.4 is 5.32 Å². The number of nitrogens with one attached hydrogen (secondary N) is 1. The highest BCUT2D eigenvalue weighted by atomic mass is 35.5. The Morgan fingerprint density at radius 3 is 2.33 bits per heavy atom. The van der Waals surface area contributed by atoms with Crippen molar-refractivity contribution < 1.29 is 19.1 Å². The first-order valence-corrected chi connectivity index (χ1v) is 8.68. The summed E-state index contributed by atoms with van der Waals surface area (Å²) in [4.78, 5) is 37.4. The number of para-hydroxylation sites is 1. The predicted octanol–water partition coefficient (Wildman–Crippen LogP) is 3.21. The molecule has 0 atom stereocenters. The molecule has 6 nitrogen and oxygen atoms in total. The van der Waals surface area contributed by atoms with Crippen LogP contribution in [-0.4, -0.2) is 42.9 Å². The van der Waals surface area contributed by atoms with Crippen molar-refractivity contribution >= 4 is 35.1 Å². The number of nitrogens with zero attached hydrogens (tertiary/aromatic N) is 1. The minimum atomic E-state index is -0.580. The lowest BCUT2D eigenvalue weighted by atomic mass is 10.1. The van der Waals surface area contributed by atoms with E-state index < -0.39 is 24.4 Å². The van der Waals surface area contributed by atoms with Crippen LogP contribution in [0.1, 0.15) is 21.5 Å². The summed E-state index contributed by atoms with van der Waals surface area (Å²) in [7, 11) is 1.46. The van der Waals surface area contributed by atoms with Gasteiger partial charge in [-0.2, -0.15) is 0 Å². The van der Waals surface area contributed by atoms with Crippen LogP contribution in [0.4, 0.5) is 5.69 Å². The van der Waals surface area contributed by atoms with Gasteiger partial charge in [-0.25, -0.2) is 4.79 Å². The van der Waals surface area contributed by atoms with Crippen molar-refractivity contribution in [2.45, 2.75) is 13.8 Å². The molecule has 0 heterocycles. The fraction of sp³-hybridized carbons (Fsp3) is 0.250. The maximum Gasteiger partial charge on any atom is 0.338 e. The fourth-order valence-corrected chi connectivity index (χ4v) is 2.65. The number of likely N-dealkylation sites (N-methyl/N-ethyl adjacent to an activating group) is 1. The first-order valence-electron chi connectivity index (χ1n) is 8.30. The molecule has 7 heteroatoms. The molecule has 2 amide bonds. The summed E-state index contributed by atoms with van der Waals surface area (Å²) < 4.78 is 5.06. The van der Waals surface area contributed by atoms with E-state index in [1.165, 1.54) is 11.9 Å². The van der Waals surface area contributed by atoms with E-state index in [1.54, 1.807) is 36.4 Å². The van der Waals surface area contributed by atoms with Gasteiger partial charge in [-0.15, -0.1) is 0 Å². The molecule has 0 saturated carbocycles. The number of carbonyl (C=O) groups excluding carboxylic acids is 3. The molecule has 2 aromatic carbocycles. The van der Waals surface area contributed by atoms with Crippen LogP contribution >= 0.6 is 11.6 Å². The molecule has 27 heavy (non-hydrogen) atoms. The maximum absolute atomic E-state index is 12.1. The second kappa shape index (κ2) is 9.19. The van der Waals surface area contributed by atoms with Crippen LogP contribution in [0.5, 0.6) is 0 Å². The average molecular weight is 389 g/mol. The normalized spacial score (nSPS) is 10.2. The Hall–Kier alpha value is -2.86. The van der Waals surface area contributed by atoms with Gasteiger partial charge in [-0.3, -0.25) is 9.59 Å². The van der Waals surface area contributed by atoms with Crippen LogP contribution in [0.2, 0.25) is 5.02 Å². The van der Waals surface area contributed by atoms with Gasteiger partial charge >= 0.3 is 5.97 Å². The summed E-state index contributed by atoms with van der Waals surface area (Å²) in [5.74, 6) is -1.47. The van der Waals surface area contributed by atoms with Gasteiger partial charge in [0.05, 0.1) is 22.8 Å². The summed E-state index contributed by atoms with van der Waals surface area (Å²) in [6, 6.07) is 12.1. The highest BCUT2D eigenvalue weighted by Gasteiger charge is 2.17. The Balaban J connectivity index is 1.85. The van der Waals surface area contributed by atoms with Crippen LogP contribution in [0.3, 0.4) is 0 Å². The first-order chi connectivity index (χ1) is 12.8. The van der Waals surface area contributed by atoms with Gasteiger partial charge in [-0.05, 0) is 38.1 Å². The van der Waals surface area contributed by atoms with Crippen molar-refractivity contribution in [3.63, 3.8) is 0 Å². The smallest absolute Gasteiger partial charge is 0.338 e. The Morgan fingerprint density at radius 1 is 1.07 bits per heavy atom. The van der Waals surface area contributed by atoms with Crippen LogP contribution in [0.15, 0.2) is 42.5 Å². The van der Waals surface area contributed by atoms with Crippen LogP contribution in [0.25, 0.3) is 0 Å². The molecule has 1 N–H and O–H groups in total. The number of anilines is 1. The quantitative estimate of drug-likeness (QED) is 0.771. The van der Waals surface area contributed by atoms with Crippen molar-refractivity contribution in [3.8, 4) is 0 Å². The van der Waals surface area contributed by atoms with E-state index >= 15 is 0 Å². The van der Waals surface area contributed by atoms with Gasteiger partial charge in [0.2, 0.25) is 5.91 Å². The molecule has 0 fully saturated rings. The summed E-state index contributed by atoms with van der Waals surface area (Å²) in [6.07, 6.45) is 0. The summed E-state index contributed by atoms with van der Waals surface area (Å²) in [6.45, 7) is 3.12. The van der Waals surface area contributed by atoms with Crippen molar-refractivity contribution in [1.82, 2.24) is 4.90 Å².